The van der Waals surface area contributed by atoms with Crippen molar-refractivity contribution in [3.05, 3.63) is 0 Å². The zero-order valence-electron chi connectivity index (χ0n) is 14.0. The average molecular weight is 283 g/mol. The summed E-state index contributed by atoms with van der Waals surface area (Å²) >= 11 is 0. The van der Waals surface area contributed by atoms with Crippen molar-refractivity contribution >= 4 is 5.71 Å². The molecule has 0 atom stereocenters. The molecule has 0 aromatic rings. The van der Waals surface area contributed by atoms with E-state index in [1.165, 1.54) is 89.9 Å². The van der Waals surface area contributed by atoms with Gasteiger partial charge >= 0.3 is 0 Å². The van der Waals surface area contributed by atoms with Crippen LogP contribution >= 0.6 is 0 Å². The summed E-state index contributed by atoms with van der Waals surface area (Å²) in [5.74, 6) is 0. The molecule has 0 aliphatic heterocycles. The zero-order chi connectivity index (χ0) is 14.9. The van der Waals surface area contributed by atoms with E-state index in [9.17, 15) is 0 Å². The molecule has 0 bridgehead atoms. The molecule has 0 aromatic heterocycles. The van der Waals surface area contributed by atoms with Gasteiger partial charge in [-0.2, -0.15) is 0 Å². The minimum atomic E-state index is 0.865. The van der Waals surface area contributed by atoms with Gasteiger partial charge in [-0.15, -0.1) is 0 Å². The van der Waals surface area contributed by atoms with Crippen LogP contribution in [0.5, 0.6) is 0 Å². The highest BCUT2D eigenvalue weighted by Crippen LogP contribution is 2.13. The summed E-state index contributed by atoms with van der Waals surface area (Å²) in [6, 6.07) is 0. The quantitative estimate of drug-likeness (QED) is 0.154. The van der Waals surface area contributed by atoms with Gasteiger partial charge in [0.05, 0.1) is 5.71 Å². The van der Waals surface area contributed by atoms with E-state index in [1.54, 1.807) is 0 Å². The summed E-state index contributed by atoms with van der Waals surface area (Å²) < 4.78 is 0. The molecular weight excluding hydrogens is 246 g/mol. The first kappa shape index (κ1) is 19.5. The van der Waals surface area contributed by atoms with Gasteiger partial charge in [-0.05, 0) is 19.8 Å². The highest BCUT2D eigenvalue weighted by atomic mass is 16.4. The molecule has 0 unspecified atom stereocenters. The molecule has 0 aromatic carbocycles. The van der Waals surface area contributed by atoms with Crippen LogP contribution in [0.15, 0.2) is 5.16 Å². The fraction of sp³-hybridized carbons (Fsp3) is 0.944. The summed E-state index contributed by atoms with van der Waals surface area (Å²) in [4.78, 5) is 0. The van der Waals surface area contributed by atoms with E-state index in [1.807, 2.05) is 6.92 Å². The maximum absolute atomic E-state index is 8.53. The minimum Gasteiger partial charge on any atom is -0.411 e. The third-order valence-corrected chi connectivity index (χ3v) is 4.06. The van der Waals surface area contributed by atoms with E-state index in [2.05, 4.69) is 12.1 Å². The highest BCUT2D eigenvalue weighted by molar-refractivity contribution is 5.81. The molecule has 2 heteroatoms. The van der Waals surface area contributed by atoms with Crippen LogP contribution < -0.4 is 0 Å². The van der Waals surface area contributed by atoms with Crippen LogP contribution in [0.1, 0.15) is 110 Å². The Morgan fingerprint density at radius 1 is 0.650 bits per heavy atom. The van der Waals surface area contributed by atoms with E-state index >= 15 is 0 Å². The van der Waals surface area contributed by atoms with E-state index in [0.29, 0.717) is 0 Å². The molecule has 2 nitrogen and oxygen atoms in total. The first-order chi connectivity index (χ1) is 9.81. The Labute approximate surface area is 127 Å². The molecule has 1 N–H and O–H groups in total. The zero-order valence-corrected chi connectivity index (χ0v) is 14.0. The molecule has 0 aliphatic rings. The fourth-order valence-electron chi connectivity index (χ4n) is 2.63. The smallest absolute Gasteiger partial charge is 0.0540 e. The van der Waals surface area contributed by atoms with E-state index in [4.69, 9.17) is 5.21 Å². The second-order valence-electron chi connectivity index (χ2n) is 6.18. The molecule has 0 aliphatic carbocycles. The first-order valence-corrected chi connectivity index (χ1v) is 8.98. The molecule has 0 rings (SSSR count). The van der Waals surface area contributed by atoms with Crippen molar-refractivity contribution < 1.29 is 5.21 Å². The highest BCUT2D eigenvalue weighted by Gasteiger charge is 1.95. The third-order valence-electron chi connectivity index (χ3n) is 4.06. The van der Waals surface area contributed by atoms with E-state index in [0.717, 1.165) is 12.1 Å². The lowest BCUT2D eigenvalue weighted by molar-refractivity contribution is 0.317. The van der Waals surface area contributed by atoms with Crippen molar-refractivity contribution in [3.63, 3.8) is 0 Å². The van der Waals surface area contributed by atoms with Gasteiger partial charge in [0.1, 0.15) is 0 Å². The third kappa shape index (κ3) is 15.5. The second kappa shape index (κ2) is 16.5. The maximum atomic E-state index is 8.53. The van der Waals surface area contributed by atoms with Gasteiger partial charge < -0.3 is 5.21 Å². The van der Waals surface area contributed by atoms with Gasteiger partial charge in [-0.25, -0.2) is 0 Å². The van der Waals surface area contributed by atoms with Crippen molar-refractivity contribution in [1.82, 2.24) is 0 Å². The van der Waals surface area contributed by atoms with Crippen molar-refractivity contribution in [2.45, 2.75) is 110 Å². The van der Waals surface area contributed by atoms with Gasteiger partial charge in [0.25, 0.3) is 0 Å². The molecule has 0 saturated carbocycles. The Bertz CT molecular complexity index is 213. The molecule has 0 fully saturated rings. The lowest BCUT2D eigenvalue weighted by Gasteiger charge is -2.03. The normalized spacial score (nSPS) is 12.0. The molecular formula is C18H37NO. The molecule has 0 spiro atoms. The number of hydrogen-bond acceptors (Lipinski definition) is 2. The predicted octanol–water partition coefficient (Wildman–Crippen LogP) is 6.71. The van der Waals surface area contributed by atoms with Crippen molar-refractivity contribution in [3.8, 4) is 0 Å². The van der Waals surface area contributed by atoms with Gasteiger partial charge in [0.15, 0.2) is 0 Å². The summed E-state index contributed by atoms with van der Waals surface area (Å²) in [6.45, 7) is 4.17. The van der Waals surface area contributed by atoms with Gasteiger partial charge in [0.2, 0.25) is 0 Å². The Kier molecular flexibility index (Phi) is 16.1. The molecule has 20 heavy (non-hydrogen) atoms. The molecule has 0 saturated heterocycles. The van der Waals surface area contributed by atoms with Crippen molar-refractivity contribution in [2.75, 3.05) is 0 Å². The van der Waals surface area contributed by atoms with Crippen molar-refractivity contribution in [1.29, 1.82) is 0 Å². The molecule has 0 heterocycles. The van der Waals surface area contributed by atoms with Crippen LogP contribution in [0.4, 0.5) is 0 Å². The first-order valence-electron chi connectivity index (χ1n) is 8.98. The lowest BCUT2D eigenvalue weighted by atomic mass is 10.0. The topological polar surface area (TPSA) is 32.6 Å². The minimum absolute atomic E-state index is 0.865. The Morgan fingerprint density at radius 3 is 1.35 bits per heavy atom. The predicted molar refractivity (Wildman–Crippen MR) is 89.8 cm³/mol. The summed E-state index contributed by atoms with van der Waals surface area (Å²) in [6.07, 6.45) is 20.4. The van der Waals surface area contributed by atoms with E-state index in [-0.39, 0.29) is 0 Å². The lowest BCUT2D eigenvalue weighted by Crippen LogP contribution is -1.90. The van der Waals surface area contributed by atoms with Gasteiger partial charge in [-0.1, -0.05) is 95.6 Å². The summed E-state index contributed by atoms with van der Waals surface area (Å²) in [5.41, 5.74) is 0.865. The largest absolute Gasteiger partial charge is 0.411 e. The Hall–Kier alpha value is -0.530. The van der Waals surface area contributed by atoms with Gasteiger partial charge in [0, 0.05) is 0 Å². The van der Waals surface area contributed by atoms with Crippen LogP contribution in [0.2, 0.25) is 0 Å². The number of unbranched alkanes of at least 4 members (excludes halogenated alkanes) is 13. The van der Waals surface area contributed by atoms with Gasteiger partial charge in [-0.3, -0.25) is 0 Å². The maximum Gasteiger partial charge on any atom is 0.0540 e. The molecule has 120 valence electrons. The standard InChI is InChI=1S/C18H37NO/c1-3-4-5-6-7-8-9-10-11-12-13-14-15-16-17-18(2)19-20/h20H,3-17H2,1-2H3. The fourth-order valence-corrected chi connectivity index (χ4v) is 2.63. The molecule has 0 amide bonds. The SMILES string of the molecule is CCCCCCCCCCCCCCCCC(C)=NO. The monoisotopic (exact) mass is 283 g/mol. The Morgan fingerprint density at radius 2 is 1.00 bits per heavy atom. The number of rotatable bonds is 15. The number of nitrogens with zero attached hydrogens (tertiary/aromatic N) is 1. The summed E-state index contributed by atoms with van der Waals surface area (Å²) in [5, 5.41) is 11.7. The Balaban J connectivity index is 2.99. The van der Waals surface area contributed by atoms with Crippen LogP contribution in [-0.4, -0.2) is 10.9 Å². The number of oxime groups is 1. The van der Waals surface area contributed by atoms with Crippen LogP contribution in [0.3, 0.4) is 0 Å². The number of hydrogen-bond donors (Lipinski definition) is 1. The van der Waals surface area contributed by atoms with Crippen LogP contribution in [0.25, 0.3) is 0 Å². The van der Waals surface area contributed by atoms with E-state index < -0.39 is 0 Å². The van der Waals surface area contributed by atoms with Crippen LogP contribution in [-0.2, 0) is 0 Å². The second-order valence-corrected chi connectivity index (χ2v) is 6.18. The summed E-state index contributed by atoms with van der Waals surface area (Å²) in [7, 11) is 0. The molecule has 0 radical (unpaired) electrons. The van der Waals surface area contributed by atoms with Crippen molar-refractivity contribution in [2.24, 2.45) is 5.16 Å². The average Bonchev–Trinajstić information content (AvgIpc) is 2.47. The van der Waals surface area contributed by atoms with Crippen LogP contribution in [0, 0.1) is 0 Å².